The van der Waals surface area contributed by atoms with Gasteiger partial charge in [0, 0.05) is 11.8 Å². The highest BCUT2D eigenvalue weighted by atomic mass is 32.2. The number of alkyl halides is 3. The summed E-state index contributed by atoms with van der Waals surface area (Å²) >= 11 is 1.71. The minimum atomic E-state index is -4.27. The molecule has 0 saturated carbocycles. The van der Waals surface area contributed by atoms with Crippen molar-refractivity contribution < 1.29 is 13.2 Å². The molecular formula is C12H16F3NS. The molecule has 0 aromatic heterocycles. The smallest absolute Gasteiger partial charge is 0.312 e. The molecule has 1 aromatic carbocycles. The zero-order chi connectivity index (χ0) is 12.9. The zero-order valence-electron chi connectivity index (χ0n) is 9.84. The highest BCUT2D eigenvalue weighted by Crippen LogP contribution is 2.31. The van der Waals surface area contributed by atoms with Gasteiger partial charge in [-0.1, -0.05) is 19.1 Å². The molecule has 17 heavy (non-hydrogen) atoms. The first kappa shape index (κ1) is 14.4. The molecular weight excluding hydrogens is 247 g/mol. The van der Waals surface area contributed by atoms with Crippen LogP contribution in [0.15, 0.2) is 24.3 Å². The van der Waals surface area contributed by atoms with Crippen molar-refractivity contribution in [3.63, 3.8) is 0 Å². The first-order valence-electron chi connectivity index (χ1n) is 5.41. The summed E-state index contributed by atoms with van der Waals surface area (Å²) in [5, 5.41) is 3.04. The second-order valence-electron chi connectivity index (χ2n) is 3.62. The van der Waals surface area contributed by atoms with E-state index in [1.54, 1.807) is 24.9 Å². The summed E-state index contributed by atoms with van der Waals surface area (Å²) in [7, 11) is 1.77. The van der Waals surface area contributed by atoms with Crippen LogP contribution in [-0.4, -0.2) is 18.6 Å². The molecule has 0 aliphatic carbocycles. The first-order valence-corrected chi connectivity index (χ1v) is 6.56. The van der Waals surface area contributed by atoms with Crippen LogP contribution in [0, 0.1) is 0 Å². The lowest BCUT2D eigenvalue weighted by atomic mass is 10.1. The van der Waals surface area contributed by atoms with Crippen LogP contribution in [-0.2, 0) is 6.18 Å². The van der Waals surface area contributed by atoms with E-state index in [4.69, 9.17) is 0 Å². The second-order valence-corrected chi connectivity index (χ2v) is 4.94. The number of hydrogen-bond acceptors (Lipinski definition) is 2. The van der Waals surface area contributed by atoms with Gasteiger partial charge in [0.2, 0.25) is 0 Å². The number of rotatable bonds is 5. The van der Waals surface area contributed by atoms with Gasteiger partial charge in [0.1, 0.15) is 0 Å². The van der Waals surface area contributed by atoms with Crippen molar-refractivity contribution in [1.29, 1.82) is 0 Å². The Hall–Kier alpha value is -0.680. The Morgan fingerprint density at radius 3 is 2.59 bits per heavy atom. The summed E-state index contributed by atoms with van der Waals surface area (Å²) in [5.41, 5.74) is 0.0972. The zero-order valence-corrected chi connectivity index (χ0v) is 10.7. The summed E-state index contributed by atoms with van der Waals surface area (Å²) < 4.78 is 37.7. The Morgan fingerprint density at radius 2 is 2.06 bits per heavy atom. The molecule has 1 rings (SSSR count). The molecule has 1 atom stereocenters. The van der Waals surface area contributed by atoms with Crippen molar-refractivity contribution in [3.05, 3.63) is 35.4 Å². The molecule has 0 aliphatic heterocycles. The Kier molecular flexibility index (Phi) is 5.33. The molecule has 0 amide bonds. The fourth-order valence-electron chi connectivity index (χ4n) is 1.51. The number of halogens is 3. The predicted molar refractivity (Wildman–Crippen MR) is 66.2 cm³/mol. The van der Waals surface area contributed by atoms with Gasteiger partial charge in [-0.2, -0.15) is 24.9 Å². The minimum Gasteiger partial charge on any atom is -0.312 e. The van der Waals surface area contributed by atoms with Crippen molar-refractivity contribution in [2.24, 2.45) is 0 Å². The molecule has 1 nitrogen and oxygen atoms in total. The average molecular weight is 263 g/mol. The van der Waals surface area contributed by atoms with Gasteiger partial charge in [0.05, 0.1) is 5.56 Å². The topological polar surface area (TPSA) is 12.0 Å². The van der Waals surface area contributed by atoms with E-state index in [1.165, 1.54) is 12.1 Å². The van der Waals surface area contributed by atoms with Crippen molar-refractivity contribution in [2.75, 3.05) is 18.6 Å². The SMILES string of the molecule is CCSCC(NC)c1cccc(C(F)(F)F)c1. The summed E-state index contributed by atoms with van der Waals surface area (Å²) in [6.07, 6.45) is -4.27. The fraction of sp³-hybridized carbons (Fsp3) is 0.500. The van der Waals surface area contributed by atoms with Gasteiger partial charge in [0.25, 0.3) is 0 Å². The van der Waals surface area contributed by atoms with Crippen LogP contribution in [0.2, 0.25) is 0 Å². The lowest BCUT2D eigenvalue weighted by molar-refractivity contribution is -0.137. The molecule has 0 heterocycles. The quantitative estimate of drug-likeness (QED) is 0.869. The van der Waals surface area contributed by atoms with Crippen molar-refractivity contribution in [1.82, 2.24) is 5.32 Å². The van der Waals surface area contributed by atoms with Crippen LogP contribution in [0.4, 0.5) is 13.2 Å². The molecule has 96 valence electrons. The Morgan fingerprint density at radius 1 is 1.35 bits per heavy atom. The number of thioether (sulfide) groups is 1. The van der Waals surface area contributed by atoms with E-state index < -0.39 is 11.7 Å². The third kappa shape index (κ3) is 4.24. The van der Waals surface area contributed by atoms with Crippen LogP contribution < -0.4 is 5.32 Å². The van der Waals surface area contributed by atoms with E-state index in [1.807, 2.05) is 6.92 Å². The van der Waals surface area contributed by atoms with E-state index >= 15 is 0 Å². The van der Waals surface area contributed by atoms with E-state index in [0.29, 0.717) is 5.56 Å². The van der Waals surface area contributed by atoms with Gasteiger partial charge in [0.15, 0.2) is 0 Å². The predicted octanol–water partition coefficient (Wildman–Crippen LogP) is 3.72. The largest absolute Gasteiger partial charge is 0.416 e. The van der Waals surface area contributed by atoms with Gasteiger partial charge in [-0.05, 0) is 30.5 Å². The lowest BCUT2D eigenvalue weighted by Gasteiger charge is -2.17. The van der Waals surface area contributed by atoms with Crippen LogP contribution in [0.1, 0.15) is 24.1 Å². The van der Waals surface area contributed by atoms with Gasteiger partial charge < -0.3 is 5.32 Å². The number of hydrogen-bond donors (Lipinski definition) is 1. The standard InChI is InChI=1S/C12H16F3NS/c1-3-17-8-11(16-2)9-5-4-6-10(7-9)12(13,14)15/h4-7,11,16H,3,8H2,1-2H3. The molecule has 1 aromatic rings. The molecule has 5 heteroatoms. The van der Waals surface area contributed by atoms with Crippen LogP contribution in [0.5, 0.6) is 0 Å². The second kappa shape index (κ2) is 6.31. The van der Waals surface area contributed by atoms with E-state index in [-0.39, 0.29) is 6.04 Å². The maximum Gasteiger partial charge on any atom is 0.416 e. The molecule has 0 bridgehead atoms. The van der Waals surface area contributed by atoms with Crippen LogP contribution in [0.3, 0.4) is 0 Å². The molecule has 0 fully saturated rings. The van der Waals surface area contributed by atoms with Crippen molar-refractivity contribution in [2.45, 2.75) is 19.1 Å². The van der Waals surface area contributed by atoms with Gasteiger partial charge in [-0.15, -0.1) is 0 Å². The third-order valence-corrected chi connectivity index (χ3v) is 3.43. The van der Waals surface area contributed by atoms with Gasteiger partial charge in [-0.3, -0.25) is 0 Å². The number of benzene rings is 1. The Bertz CT molecular complexity index is 352. The Balaban J connectivity index is 2.89. The summed E-state index contributed by atoms with van der Waals surface area (Å²) in [4.78, 5) is 0. The summed E-state index contributed by atoms with van der Waals surface area (Å²) in [6, 6.07) is 5.47. The maximum absolute atomic E-state index is 12.6. The van der Waals surface area contributed by atoms with Crippen molar-refractivity contribution in [3.8, 4) is 0 Å². The van der Waals surface area contributed by atoms with Crippen LogP contribution in [0.25, 0.3) is 0 Å². The molecule has 0 radical (unpaired) electrons. The first-order chi connectivity index (χ1) is 7.99. The molecule has 1 N–H and O–H groups in total. The molecule has 1 unspecified atom stereocenters. The van der Waals surface area contributed by atoms with Crippen molar-refractivity contribution >= 4 is 11.8 Å². The lowest BCUT2D eigenvalue weighted by Crippen LogP contribution is -2.19. The minimum absolute atomic E-state index is 0.0396. The van der Waals surface area contributed by atoms with E-state index in [9.17, 15) is 13.2 Å². The fourth-order valence-corrected chi connectivity index (χ4v) is 2.34. The molecule has 0 aliphatic rings. The average Bonchev–Trinajstić information content (AvgIpc) is 2.29. The highest BCUT2D eigenvalue weighted by Gasteiger charge is 2.30. The van der Waals surface area contributed by atoms with Gasteiger partial charge >= 0.3 is 6.18 Å². The third-order valence-electron chi connectivity index (χ3n) is 2.45. The van der Waals surface area contributed by atoms with Crippen LogP contribution >= 0.6 is 11.8 Å². The van der Waals surface area contributed by atoms with Gasteiger partial charge in [-0.25, -0.2) is 0 Å². The van der Waals surface area contributed by atoms with E-state index in [2.05, 4.69) is 5.32 Å². The number of nitrogens with one attached hydrogen (secondary N) is 1. The monoisotopic (exact) mass is 263 g/mol. The summed E-state index contributed by atoms with van der Waals surface area (Å²) in [5.74, 6) is 1.73. The Labute approximate surface area is 104 Å². The molecule has 0 spiro atoms. The molecule has 0 saturated heterocycles. The normalized spacial score (nSPS) is 13.7. The maximum atomic E-state index is 12.6. The van der Waals surface area contributed by atoms with E-state index in [0.717, 1.165) is 17.6 Å². The summed E-state index contributed by atoms with van der Waals surface area (Å²) in [6.45, 7) is 2.03. The highest BCUT2D eigenvalue weighted by molar-refractivity contribution is 7.99.